The summed E-state index contributed by atoms with van der Waals surface area (Å²) in [7, 11) is 0. The van der Waals surface area contributed by atoms with Gasteiger partial charge in [-0.25, -0.2) is 9.97 Å². The second-order valence-electron chi connectivity index (χ2n) is 6.79. The molecule has 0 bridgehead atoms. The van der Waals surface area contributed by atoms with Gasteiger partial charge in [0.1, 0.15) is 5.65 Å². The van der Waals surface area contributed by atoms with Gasteiger partial charge in [-0.1, -0.05) is 30.3 Å². The number of carbonyl (C=O) groups excluding carboxylic acids is 1. The third-order valence-corrected chi connectivity index (χ3v) is 4.78. The number of anilines is 1. The van der Waals surface area contributed by atoms with Crippen molar-refractivity contribution in [2.24, 2.45) is 11.7 Å². The second-order valence-corrected chi connectivity index (χ2v) is 6.79. The summed E-state index contributed by atoms with van der Waals surface area (Å²) in [6.07, 6.45) is 3.76. The number of amides is 1. The lowest BCUT2D eigenvalue weighted by atomic mass is 10.1. The van der Waals surface area contributed by atoms with Crippen molar-refractivity contribution in [3.8, 4) is 11.4 Å². The van der Waals surface area contributed by atoms with Crippen LogP contribution < -0.4 is 16.8 Å². The van der Waals surface area contributed by atoms with Crippen molar-refractivity contribution in [1.82, 2.24) is 20.3 Å². The van der Waals surface area contributed by atoms with Gasteiger partial charge < -0.3 is 21.8 Å². The average Bonchev–Trinajstić information content (AvgIpc) is 3.19. The van der Waals surface area contributed by atoms with Crippen LogP contribution in [0.1, 0.15) is 18.5 Å². The fourth-order valence-corrected chi connectivity index (χ4v) is 3.17. The molecule has 6 N–H and O–H groups in total. The van der Waals surface area contributed by atoms with E-state index in [9.17, 15) is 4.79 Å². The standard InChI is InChI=1S/C19H22N6O/c20-13-8-12(13)9-16(26)22-7-6-15-17-14(21)10-23-19(17)25-18(24-15)11-4-2-1-3-5-11/h1-5,10,12-13H,6-9,20-21H2,(H,22,26)(H,23,24,25). The van der Waals surface area contributed by atoms with Crippen molar-refractivity contribution in [1.29, 1.82) is 0 Å². The van der Waals surface area contributed by atoms with Crippen molar-refractivity contribution in [3.05, 3.63) is 42.2 Å². The minimum atomic E-state index is 0.0403. The molecule has 0 aliphatic heterocycles. The highest BCUT2D eigenvalue weighted by atomic mass is 16.1. The van der Waals surface area contributed by atoms with Gasteiger partial charge in [-0.3, -0.25) is 4.79 Å². The molecule has 2 heterocycles. The van der Waals surface area contributed by atoms with Gasteiger partial charge in [0.05, 0.1) is 16.8 Å². The Bertz CT molecular complexity index is 936. The molecule has 1 aliphatic rings. The van der Waals surface area contributed by atoms with Gasteiger partial charge in [-0.2, -0.15) is 0 Å². The summed E-state index contributed by atoms with van der Waals surface area (Å²) < 4.78 is 0. The van der Waals surface area contributed by atoms with E-state index in [-0.39, 0.29) is 11.9 Å². The maximum Gasteiger partial charge on any atom is 0.220 e. The predicted molar refractivity (Wildman–Crippen MR) is 101 cm³/mol. The summed E-state index contributed by atoms with van der Waals surface area (Å²) >= 11 is 0. The van der Waals surface area contributed by atoms with E-state index in [2.05, 4.69) is 15.3 Å². The molecule has 0 saturated heterocycles. The maximum atomic E-state index is 12.0. The Labute approximate surface area is 151 Å². The molecule has 1 amide bonds. The molecule has 2 aromatic heterocycles. The fourth-order valence-electron chi connectivity index (χ4n) is 3.17. The number of nitrogens with one attached hydrogen (secondary N) is 2. The van der Waals surface area contributed by atoms with Crippen LogP contribution in [-0.4, -0.2) is 33.4 Å². The molecule has 4 rings (SSSR count). The van der Waals surface area contributed by atoms with Crippen LogP contribution in [0.3, 0.4) is 0 Å². The number of fused-ring (bicyclic) bond motifs is 1. The van der Waals surface area contributed by atoms with Crippen LogP contribution in [0.5, 0.6) is 0 Å². The van der Waals surface area contributed by atoms with Crippen LogP contribution in [-0.2, 0) is 11.2 Å². The fraction of sp³-hybridized carbons (Fsp3) is 0.316. The number of rotatable bonds is 6. The zero-order chi connectivity index (χ0) is 18.1. The highest BCUT2D eigenvalue weighted by Gasteiger charge is 2.34. The normalized spacial score (nSPS) is 18.8. The molecule has 26 heavy (non-hydrogen) atoms. The summed E-state index contributed by atoms with van der Waals surface area (Å²) in [5.74, 6) is 1.02. The van der Waals surface area contributed by atoms with Gasteiger partial charge in [0.25, 0.3) is 0 Å². The van der Waals surface area contributed by atoms with E-state index in [1.807, 2.05) is 30.3 Å². The number of nitrogens with zero attached hydrogens (tertiary/aromatic N) is 2. The molecule has 3 aromatic rings. The monoisotopic (exact) mass is 350 g/mol. The number of H-pyrrole nitrogens is 1. The van der Waals surface area contributed by atoms with Gasteiger partial charge in [0, 0.05) is 37.2 Å². The lowest BCUT2D eigenvalue weighted by molar-refractivity contribution is -0.121. The van der Waals surface area contributed by atoms with Gasteiger partial charge in [0.15, 0.2) is 5.82 Å². The van der Waals surface area contributed by atoms with E-state index in [0.717, 1.165) is 23.1 Å². The zero-order valence-corrected chi connectivity index (χ0v) is 14.4. The molecule has 2 unspecified atom stereocenters. The topological polar surface area (TPSA) is 123 Å². The quantitative estimate of drug-likeness (QED) is 0.538. The van der Waals surface area contributed by atoms with Crippen LogP contribution in [0.25, 0.3) is 22.4 Å². The first-order valence-corrected chi connectivity index (χ1v) is 8.83. The second kappa shape index (κ2) is 6.76. The summed E-state index contributed by atoms with van der Waals surface area (Å²) in [6, 6.07) is 9.99. The summed E-state index contributed by atoms with van der Waals surface area (Å²) in [5.41, 5.74) is 14.9. The number of hydrogen-bond donors (Lipinski definition) is 4. The molecule has 0 spiro atoms. The highest BCUT2D eigenvalue weighted by Crippen LogP contribution is 2.31. The Balaban J connectivity index is 1.53. The molecule has 1 saturated carbocycles. The SMILES string of the molecule is Nc1c[nH]c2nc(-c3ccccc3)nc(CCNC(=O)CC3CC3N)c12. The molecule has 1 aromatic carbocycles. The summed E-state index contributed by atoms with van der Waals surface area (Å²) in [6.45, 7) is 0.506. The maximum absolute atomic E-state index is 12.0. The van der Waals surface area contributed by atoms with E-state index < -0.39 is 0 Å². The summed E-state index contributed by atoms with van der Waals surface area (Å²) in [5, 5.41) is 3.78. The first kappa shape index (κ1) is 16.5. The number of hydrogen-bond acceptors (Lipinski definition) is 5. The van der Waals surface area contributed by atoms with E-state index in [4.69, 9.17) is 16.5 Å². The average molecular weight is 350 g/mol. The van der Waals surface area contributed by atoms with Crippen molar-refractivity contribution >= 4 is 22.6 Å². The molecule has 134 valence electrons. The summed E-state index contributed by atoms with van der Waals surface area (Å²) in [4.78, 5) is 24.3. The van der Waals surface area contributed by atoms with Gasteiger partial charge >= 0.3 is 0 Å². The van der Waals surface area contributed by atoms with E-state index >= 15 is 0 Å². The lowest BCUT2D eigenvalue weighted by Gasteiger charge is -2.08. The Morgan fingerprint density at radius 3 is 2.77 bits per heavy atom. The number of aromatic amines is 1. The molecule has 0 radical (unpaired) electrons. The Morgan fingerprint density at radius 2 is 2.04 bits per heavy atom. The van der Waals surface area contributed by atoms with E-state index in [1.165, 1.54) is 0 Å². The Hall–Kier alpha value is -2.93. The molecular weight excluding hydrogens is 328 g/mol. The zero-order valence-electron chi connectivity index (χ0n) is 14.4. The molecule has 2 atom stereocenters. The van der Waals surface area contributed by atoms with Crippen LogP contribution in [0.4, 0.5) is 5.69 Å². The van der Waals surface area contributed by atoms with Crippen molar-refractivity contribution in [2.45, 2.75) is 25.3 Å². The van der Waals surface area contributed by atoms with Crippen LogP contribution >= 0.6 is 0 Å². The first-order chi connectivity index (χ1) is 12.6. The van der Waals surface area contributed by atoms with Crippen LogP contribution in [0.15, 0.2) is 36.5 Å². The van der Waals surface area contributed by atoms with Gasteiger partial charge in [-0.15, -0.1) is 0 Å². The molecule has 7 heteroatoms. The number of benzene rings is 1. The van der Waals surface area contributed by atoms with Gasteiger partial charge in [-0.05, 0) is 12.3 Å². The van der Waals surface area contributed by atoms with Crippen molar-refractivity contribution in [3.63, 3.8) is 0 Å². The van der Waals surface area contributed by atoms with Crippen molar-refractivity contribution in [2.75, 3.05) is 12.3 Å². The first-order valence-electron chi connectivity index (χ1n) is 8.83. The van der Waals surface area contributed by atoms with Gasteiger partial charge in [0.2, 0.25) is 5.91 Å². The highest BCUT2D eigenvalue weighted by molar-refractivity contribution is 5.91. The number of nitrogens with two attached hydrogens (primary N) is 2. The molecule has 1 fully saturated rings. The Morgan fingerprint density at radius 1 is 1.27 bits per heavy atom. The number of nitrogen functional groups attached to an aromatic ring is 1. The van der Waals surface area contributed by atoms with Crippen LogP contribution in [0.2, 0.25) is 0 Å². The minimum absolute atomic E-state index is 0.0403. The molecule has 1 aliphatic carbocycles. The third kappa shape index (κ3) is 3.39. The molecular formula is C19H22N6O. The Kier molecular flexibility index (Phi) is 4.30. The van der Waals surface area contributed by atoms with E-state index in [0.29, 0.717) is 42.5 Å². The lowest BCUT2D eigenvalue weighted by Crippen LogP contribution is -2.26. The van der Waals surface area contributed by atoms with E-state index in [1.54, 1.807) is 6.20 Å². The minimum Gasteiger partial charge on any atom is -0.397 e. The third-order valence-electron chi connectivity index (χ3n) is 4.78. The van der Waals surface area contributed by atoms with Crippen molar-refractivity contribution < 1.29 is 4.79 Å². The number of aromatic nitrogens is 3. The smallest absolute Gasteiger partial charge is 0.220 e. The van der Waals surface area contributed by atoms with Crippen LogP contribution in [0, 0.1) is 5.92 Å². The predicted octanol–water partition coefficient (Wildman–Crippen LogP) is 1.60. The number of carbonyl (C=O) groups is 1. The largest absolute Gasteiger partial charge is 0.397 e. The molecule has 7 nitrogen and oxygen atoms in total.